The number of likely N-dealkylation sites (tertiary alicyclic amines) is 1. The van der Waals surface area contributed by atoms with Gasteiger partial charge >= 0.3 is 0 Å². The summed E-state index contributed by atoms with van der Waals surface area (Å²) in [6.07, 6.45) is 9.02. The molecule has 1 aromatic heterocycles. The van der Waals surface area contributed by atoms with E-state index >= 15 is 0 Å². The molecule has 4 aliphatic rings. The van der Waals surface area contributed by atoms with Crippen molar-refractivity contribution in [3.8, 4) is 22.8 Å². The zero-order valence-corrected chi connectivity index (χ0v) is 36.5. The molecule has 0 radical (unpaired) electrons. The summed E-state index contributed by atoms with van der Waals surface area (Å²) in [7, 11) is 0. The molecule has 332 valence electrons. The summed E-state index contributed by atoms with van der Waals surface area (Å²) in [4.78, 5) is 45.9. The summed E-state index contributed by atoms with van der Waals surface area (Å²) in [6, 6.07) is 37.9. The molecule has 64 heavy (non-hydrogen) atoms. The second-order valence-electron chi connectivity index (χ2n) is 18.2. The predicted octanol–water partition coefficient (Wildman–Crippen LogP) is 7.24. The highest BCUT2D eigenvalue weighted by molar-refractivity contribution is 6.01. The van der Waals surface area contributed by atoms with Crippen LogP contribution in [0.2, 0.25) is 0 Å². The van der Waals surface area contributed by atoms with Crippen LogP contribution in [-0.4, -0.2) is 95.9 Å². The monoisotopic (exact) mass is 861 g/mol. The normalized spacial score (nSPS) is 20.3. The van der Waals surface area contributed by atoms with Crippen molar-refractivity contribution in [3.63, 3.8) is 0 Å². The number of nitrogens with zero attached hydrogens (tertiary/aromatic N) is 5. The Kier molecular flexibility index (Phi) is 12.9. The van der Waals surface area contributed by atoms with Crippen LogP contribution in [0.4, 0.5) is 11.4 Å². The van der Waals surface area contributed by atoms with Crippen LogP contribution in [0.5, 0.6) is 11.5 Å². The first-order valence-corrected chi connectivity index (χ1v) is 23.1. The van der Waals surface area contributed by atoms with Crippen molar-refractivity contribution in [1.82, 2.24) is 25.7 Å². The number of rotatable bonds is 13. The molecule has 0 bridgehead atoms. The van der Waals surface area contributed by atoms with E-state index in [1.54, 1.807) is 18.3 Å². The third-order valence-corrected chi connectivity index (χ3v) is 14.4. The molecule has 0 unspecified atom stereocenters. The number of para-hydroxylation sites is 2. The lowest BCUT2D eigenvalue weighted by atomic mass is 9.72. The first kappa shape index (κ1) is 43.0. The lowest BCUT2D eigenvalue weighted by Crippen LogP contribution is -2.59. The second kappa shape index (κ2) is 19.2. The van der Waals surface area contributed by atoms with Gasteiger partial charge in [-0.15, -0.1) is 0 Å². The third kappa shape index (κ3) is 9.62. The highest BCUT2D eigenvalue weighted by Crippen LogP contribution is 2.39. The fourth-order valence-electron chi connectivity index (χ4n) is 10.3. The third-order valence-electron chi connectivity index (χ3n) is 14.4. The van der Waals surface area contributed by atoms with Crippen LogP contribution >= 0.6 is 0 Å². The largest absolute Gasteiger partial charge is 0.507 e. The van der Waals surface area contributed by atoms with E-state index in [0.717, 1.165) is 89.2 Å². The van der Waals surface area contributed by atoms with Gasteiger partial charge in [0.25, 0.3) is 5.91 Å². The van der Waals surface area contributed by atoms with Crippen LogP contribution in [-0.2, 0) is 19.8 Å². The fraction of sp³-hybridized carbons (Fsp3) is 0.404. The molecule has 4 aromatic carbocycles. The minimum atomic E-state index is -0.975. The van der Waals surface area contributed by atoms with Crippen molar-refractivity contribution in [1.29, 1.82) is 0 Å². The first-order chi connectivity index (χ1) is 31.3. The molecule has 3 N–H and O–H groups in total. The molecule has 9 rings (SSSR count). The van der Waals surface area contributed by atoms with Crippen LogP contribution in [0, 0.1) is 5.92 Å². The summed E-state index contributed by atoms with van der Waals surface area (Å²) in [6.45, 7) is 6.64. The van der Waals surface area contributed by atoms with Crippen LogP contribution in [0.15, 0.2) is 121 Å². The van der Waals surface area contributed by atoms with Crippen LogP contribution < -0.4 is 25.2 Å². The Labute approximate surface area is 376 Å². The number of phenols is 1. The highest BCUT2D eigenvalue weighted by atomic mass is 16.5. The van der Waals surface area contributed by atoms with E-state index in [4.69, 9.17) is 4.74 Å². The number of carbonyl (C=O) groups is 3. The molecule has 4 fully saturated rings. The average molecular weight is 862 g/mol. The van der Waals surface area contributed by atoms with Crippen molar-refractivity contribution < 1.29 is 24.2 Å². The van der Waals surface area contributed by atoms with Gasteiger partial charge < -0.3 is 29.9 Å². The minimum Gasteiger partial charge on any atom is -0.507 e. The maximum Gasteiger partial charge on any atom is 0.264 e. The lowest BCUT2D eigenvalue weighted by molar-refractivity contribution is -0.141. The molecule has 12 heteroatoms. The quantitative estimate of drug-likeness (QED) is 0.104. The summed E-state index contributed by atoms with van der Waals surface area (Å²) < 4.78 is 6.75. The van der Waals surface area contributed by atoms with Crippen LogP contribution in [0.3, 0.4) is 0 Å². The number of hydrogen-bond donors (Lipinski definition) is 3. The fourth-order valence-corrected chi connectivity index (χ4v) is 10.3. The van der Waals surface area contributed by atoms with Gasteiger partial charge in [0.15, 0.2) is 5.60 Å². The van der Waals surface area contributed by atoms with Gasteiger partial charge in [-0.3, -0.25) is 19.7 Å². The van der Waals surface area contributed by atoms with Gasteiger partial charge in [0.05, 0.1) is 23.5 Å². The Bertz CT molecular complexity index is 2370. The van der Waals surface area contributed by atoms with E-state index in [9.17, 15) is 19.5 Å². The van der Waals surface area contributed by atoms with E-state index in [2.05, 4.69) is 71.9 Å². The number of imide groups is 1. The summed E-state index contributed by atoms with van der Waals surface area (Å²) >= 11 is 0. The van der Waals surface area contributed by atoms with Crippen molar-refractivity contribution in [2.45, 2.75) is 74.7 Å². The smallest absolute Gasteiger partial charge is 0.264 e. The molecule has 4 saturated heterocycles. The Hall–Kier alpha value is -6.27. The van der Waals surface area contributed by atoms with Crippen molar-refractivity contribution >= 4 is 29.1 Å². The molecule has 12 nitrogen and oxygen atoms in total. The summed E-state index contributed by atoms with van der Waals surface area (Å²) in [5.74, 6) is 0.843. The Balaban J connectivity index is 0.805. The number of hydrogen-bond acceptors (Lipinski definition) is 10. The number of aromatic nitrogens is 2. The van der Waals surface area contributed by atoms with Gasteiger partial charge in [0.2, 0.25) is 11.8 Å². The molecule has 4 aliphatic heterocycles. The molecule has 1 atom stereocenters. The van der Waals surface area contributed by atoms with E-state index < -0.39 is 5.60 Å². The standard InChI is InChI=1S/C52H59N7O5/c60-47-14-8-7-13-45(47)46-35-42(36-54-56-46)59-33-24-51(25-34-59,40-9-3-1-4-10-40)37-53-50(63)52(64-43-11-5-2-6-12-43)26-31-57(32-27-52)28-21-38-22-29-58(30-23-38)41-17-15-39(16-18-41)44-19-20-48(61)55-49(44)62/h1-18,35-36,38,44,60H,19-34,37H2,(H,53,63)(H,55,61,62)/t44-/m1/s1. The number of ether oxygens (including phenoxy) is 1. The van der Waals surface area contributed by atoms with Gasteiger partial charge in [-0.05, 0) is 105 Å². The maximum absolute atomic E-state index is 14.7. The van der Waals surface area contributed by atoms with Gasteiger partial charge in [-0.1, -0.05) is 72.8 Å². The number of carbonyl (C=O) groups excluding carboxylic acids is 3. The SMILES string of the molecule is O=C1CC[C@H](c2ccc(N3CCC(CCN4CCC(Oc5ccccc5)(C(=O)NCC5(c6ccccc6)CCN(c6cnnc(-c7ccccc7O)c6)CC5)CC4)CC3)cc2)C(=O)N1. The molecule has 0 aliphatic carbocycles. The molecule has 5 aromatic rings. The predicted molar refractivity (Wildman–Crippen MR) is 248 cm³/mol. The molecule has 0 spiro atoms. The first-order valence-electron chi connectivity index (χ1n) is 23.1. The topological polar surface area (TPSA) is 140 Å². The maximum atomic E-state index is 14.7. The molecular formula is C52H59N7O5. The molecule has 3 amide bonds. The number of benzene rings is 4. The minimum absolute atomic E-state index is 0.0445. The van der Waals surface area contributed by atoms with Gasteiger partial charge in [-0.2, -0.15) is 10.2 Å². The number of aromatic hydroxyl groups is 1. The van der Waals surface area contributed by atoms with Crippen molar-refractivity contribution in [2.75, 3.05) is 62.2 Å². The molecule has 0 saturated carbocycles. The number of phenolic OH excluding ortho intramolecular Hbond substituents is 1. The number of nitrogens with one attached hydrogen (secondary N) is 2. The second-order valence-corrected chi connectivity index (χ2v) is 18.2. The average Bonchev–Trinajstić information content (AvgIpc) is 3.34. The zero-order chi connectivity index (χ0) is 43.9. The molecule has 5 heterocycles. The van der Waals surface area contributed by atoms with Crippen molar-refractivity contribution in [3.05, 3.63) is 133 Å². The number of piperidine rings is 4. The van der Waals surface area contributed by atoms with E-state index in [0.29, 0.717) is 55.2 Å². The lowest BCUT2D eigenvalue weighted by Gasteiger charge is -2.45. The van der Waals surface area contributed by atoms with Crippen LogP contribution in [0.25, 0.3) is 11.3 Å². The van der Waals surface area contributed by atoms with Gasteiger partial charge in [0, 0.05) is 81.7 Å². The zero-order valence-electron chi connectivity index (χ0n) is 36.5. The van der Waals surface area contributed by atoms with E-state index in [1.165, 1.54) is 11.3 Å². The number of anilines is 2. The van der Waals surface area contributed by atoms with Crippen molar-refractivity contribution in [2.24, 2.45) is 5.92 Å². The Morgan fingerprint density at radius 3 is 2.14 bits per heavy atom. The van der Waals surface area contributed by atoms with E-state index in [1.807, 2.05) is 66.7 Å². The highest BCUT2D eigenvalue weighted by Gasteiger charge is 2.46. The Morgan fingerprint density at radius 1 is 0.766 bits per heavy atom. The van der Waals surface area contributed by atoms with E-state index in [-0.39, 0.29) is 34.8 Å². The summed E-state index contributed by atoms with van der Waals surface area (Å²) in [5.41, 5.74) is 4.37. The summed E-state index contributed by atoms with van der Waals surface area (Å²) in [5, 5.41) is 25.0. The Morgan fingerprint density at radius 2 is 1.44 bits per heavy atom. The molecular weight excluding hydrogens is 803 g/mol. The van der Waals surface area contributed by atoms with Gasteiger partial charge in [-0.25, -0.2) is 0 Å². The number of amides is 3. The van der Waals surface area contributed by atoms with Gasteiger partial charge in [0.1, 0.15) is 11.5 Å². The van der Waals surface area contributed by atoms with Crippen LogP contribution in [0.1, 0.15) is 74.8 Å².